The molecule has 3 heteroatoms. The topological polar surface area (TPSA) is 0 Å². The molecule has 0 aromatic heterocycles. The molecule has 0 bridgehead atoms. The molecule has 0 saturated carbocycles. The number of hydrogen-bond acceptors (Lipinski definition) is 0. The van der Waals surface area contributed by atoms with Crippen LogP contribution in [-0.4, -0.2) is 4.21 Å². The van der Waals surface area contributed by atoms with E-state index < -0.39 is 21.3 Å². The number of halogens is 2. The predicted molar refractivity (Wildman–Crippen MR) is 83.8 cm³/mol. The standard InChI is InChI=1S/C8H11.C6H7.CH2.2ClH.Zr/c1-6-4-5-7(2)8(6)3;1-6-4-2-3-5-6;;;;/h4H2,1-3H3;2,4H,3H2,1H3;1H2;2*1H;. The van der Waals surface area contributed by atoms with Crippen LogP contribution in [0.2, 0.25) is 0 Å². The first-order chi connectivity index (χ1) is 7.52. The molecule has 0 saturated heterocycles. The van der Waals surface area contributed by atoms with Crippen molar-refractivity contribution in [2.24, 2.45) is 0 Å². The summed E-state index contributed by atoms with van der Waals surface area (Å²) < 4.78 is 8.03. The molecule has 0 amide bonds. The van der Waals surface area contributed by atoms with E-state index >= 15 is 0 Å². The summed E-state index contributed by atoms with van der Waals surface area (Å²) in [5.41, 5.74) is 6.17. The van der Waals surface area contributed by atoms with Gasteiger partial charge in [-0.15, -0.1) is 24.8 Å². The second-order valence-corrected chi connectivity index (χ2v) is 10.3. The third-order valence-corrected chi connectivity index (χ3v) is 10.4. The van der Waals surface area contributed by atoms with Crippen molar-refractivity contribution >= 4 is 29.0 Å². The van der Waals surface area contributed by atoms with E-state index in [1.54, 1.807) is 17.7 Å². The van der Waals surface area contributed by atoms with E-state index in [4.69, 9.17) is 0 Å². The van der Waals surface area contributed by atoms with Gasteiger partial charge < -0.3 is 0 Å². The van der Waals surface area contributed by atoms with Gasteiger partial charge in [0.15, 0.2) is 0 Å². The van der Waals surface area contributed by atoms with Gasteiger partial charge in [0.2, 0.25) is 0 Å². The van der Waals surface area contributed by atoms with Gasteiger partial charge in [0.25, 0.3) is 0 Å². The molecule has 0 fully saturated rings. The van der Waals surface area contributed by atoms with Crippen LogP contribution in [0.25, 0.3) is 0 Å². The quantitative estimate of drug-likeness (QED) is 0.637. The summed E-state index contributed by atoms with van der Waals surface area (Å²) in [5, 5.41) is 0. The molecule has 0 aromatic rings. The summed E-state index contributed by atoms with van der Waals surface area (Å²) in [7, 11) is 0. The first-order valence-electron chi connectivity index (χ1n) is 5.94. The fourth-order valence-electron chi connectivity index (χ4n) is 2.57. The van der Waals surface area contributed by atoms with Gasteiger partial charge in [-0.25, -0.2) is 0 Å². The zero-order valence-corrected chi connectivity index (χ0v) is 15.7. The molecule has 2 aliphatic rings. The Hall–Kier alpha value is 0.293. The van der Waals surface area contributed by atoms with E-state index in [9.17, 15) is 0 Å². The molecule has 100 valence electrons. The Morgan fingerprint density at radius 2 is 1.61 bits per heavy atom. The van der Waals surface area contributed by atoms with Crippen LogP contribution < -0.4 is 0 Å². The Bertz CT molecular complexity index is 491. The van der Waals surface area contributed by atoms with E-state index in [1.165, 1.54) is 24.0 Å². The maximum absolute atomic E-state index is 4.59. The molecule has 0 heterocycles. The Morgan fingerprint density at radius 1 is 1.00 bits per heavy atom. The molecule has 0 nitrogen and oxygen atoms in total. The molecular formula is C15H22Cl2Zr. The van der Waals surface area contributed by atoms with Crippen molar-refractivity contribution in [2.45, 2.75) is 40.5 Å². The van der Waals surface area contributed by atoms with Gasteiger partial charge in [0, 0.05) is 0 Å². The van der Waals surface area contributed by atoms with E-state index in [-0.39, 0.29) is 24.8 Å². The van der Waals surface area contributed by atoms with Crippen LogP contribution in [0, 0.1) is 0 Å². The van der Waals surface area contributed by atoms with Gasteiger partial charge in [-0.1, -0.05) is 0 Å². The van der Waals surface area contributed by atoms with Crippen LogP contribution in [0.3, 0.4) is 0 Å². The third kappa shape index (κ3) is 3.24. The third-order valence-electron chi connectivity index (χ3n) is 3.99. The van der Waals surface area contributed by atoms with Gasteiger partial charge in [0.05, 0.1) is 0 Å². The van der Waals surface area contributed by atoms with Crippen LogP contribution in [0.5, 0.6) is 0 Å². The first-order valence-corrected chi connectivity index (χ1v) is 10.1. The summed E-state index contributed by atoms with van der Waals surface area (Å²) in [6, 6.07) is 0. The van der Waals surface area contributed by atoms with Crippen molar-refractivity contribution in [1.29, 1.82) is 0 Å². The van der Waals surface area contributed by atoms with Gasteiger partial charge in [-0.05, 0) is 0 Å². The number of hydrogen-bond donors (Lipinski definition) is 0. The van der Waals surface area contributed by atoms with Gasteiger partial charge in [0.1, 0.15) is 0 Å². The fourth-order valence-corrected chi connectivity index (χ4v) is 8.48. The average molecular weight is 364 g/mol. The Labute approximate surface area is 131 Å². The minimum absolute atomic E-state index is 0. The molecule has 18 heavy (non-hydrogen) atoms. The molecule has 2 rings (SSSR count). The summed E-state index contributed by atoms with van der Waals surface area (Å²) >= 11 is -1.71. The molecule has 0 atom stereocenters. The summed E-state index contributed by atoms with van der Waals surface area (Å²) in [6.07, 6.45) is 6.97. The van der Waals surface area contributed by atoms with Crippen molar-refractivity contribution in [3.05, 3.63) is 41.0 Å². The zero-order valence-electron chi connectivity index (χ0n) is 11.6. The van der Waals surface area contributed by atoms with Crippen molar-refractivity contribution in [1.82, 2.24) is 0 Å². The van der Waals surface area contributed by atoms with Crippen LogP contribution in [-0.2, 0) is 21.3 Å². The fraction of sp³-hybridized carbons (Fsp3) is 0.400. The molecule has 0 spiro atoms. The SMILES string of the molecule is Cl.Cl.[CH2]=[Zr]([C]1=C(C)C=CC1)[C]1=C(C)C(C)=C(C)C1. The monoisotopic (exact) mass is 362 g/mol. The number of allylic oxidation sites excluding steroid dienone is 8. The van der Waals surface area contributed by atoms with Gasteiger partial charge >= 0.3 is 107 Å². The van der Waals surface area contributed by atoms with Gasteiger partial charge in [-0.3, -0.25) is 0 Å². The normalized spacial score (nSPS) is 18.2. The first kappa shape index (κ1) is 18.3. The summed E-state index contributed by atoms with van der Waals surface area (Å²) in [4.78, 5) is 0. The van der Waals surface area contributed by atoms with Crippen LogP contribution in [0.15, 0.2) is 41.0 Å². The van der Waals surface area contributed by atoms with E-state index in [0.29, 0.717) is 0 Å². The molecule has 0 unspecified atom stereocenters. The number of rotatable bonds is 2. The molecule has 2 aliphatic carbocycles. The molecule has 0 N–H and O–H groups in total. The molecular weight excluding hydrogens is 342 g/mol. The Kier molecular flexibility index (Phi) is 7.29. The van der Waals surface area contributed by atoms with Crippen molar-refractivity contribution in [3.63, 3.8) is 0 Å². The van der Waals surface area contributed by atoms with Crippen LogP contribution in [0.4, 0.5) is 0 Å². The molecule has 0 aliphatic heterocycles. The van der Waals surface area contributed by atoms with Crippen LogP contribution >= 0.6 is 24.8 Å². The van der Waals surface area contributed by atoms with Crippen LogP contribution in [0.1, 0.15) is 40.5 Å². The Balaban J connectivity index is 0.00000144. The van der Waals surface area contributed by atoms with Crippen molar-refractivity contribution in [3.8, 4) is 0 Å². The zero-order chi connectivity index (χ0) is 11.9. The van der Waals surface area contributed by atoms with Crippen molar-refractivity contribution in [2.75, 3.05) is 0 Å². The Morgan fingerprint density at radius 3 is 2.00 bits per heavy atom. The van der Waals surface area contributed by atoms with E-state index in [2.05, 4.69) is 44.1 Å². The summed E-state index contributed by atoms with van der Waals surface area (Å²) in [6.45, 7) is 9.09. The second-order valence-electron chi connectivity index (χ2n) is 4.93. The molecule has 0 aromatic carbocycles. The second kappa shape index (κ2) is 7.18. The average Bonchev–Trinajstić information content (AvgIpc) is 2.77. The predicted octanol–water partition coefficient (Wildman–Crippen LogP) is 5.13. The molecule has 0 radical (unpaired) electrons. The van der Waals surface area contributed by atoms with E-state index in [1.807, 2.05) is 0 Å². The summed E-state index contributed by atoms with van der Waals surface area (Å²) in [5.74, 6) is 0. The van der Waals surface area contributed by atoms with E-state index in [0.717, 1.165) is 0 Å². The maximum atomic E-state index is 4.59. The minimum atomic E-state index is -1.71. The van der Waals surface area contributed by atoms with Crippen molar-refractivity contribution < 1.29 is 21.3 Å². The van der Waals surface area contributed by atoms with Gasteiger partial charge in [-0.2, -0.15) is 0 Å².